The summed E-state index contributed by atoms with van der Waals surface area (Å²) in [7, 11) is 0. The number of pyridine rings is 1. The Morgan fingerprint density at radius 3 is 2.70 bits per heavy atom. The number of hydrogen-bond donors (Lipinski definition) is 1. The highest BCUT2D eigenvalue weighted by molar-refractivity contribution is 5.79. The van der Waals surface area contributed by atoms with Crippen LogP contribution in [0.1, 0.15) is 22.6 Å². The van der Waals surface area contributed by atoms with Gasteiger partial charge in [0.15, 0.2) is 5.82 Å². The largest absolute Gasteiger partial charge is 0.264 e. The standard InChI is InChI=1S/C16H17N7/c1-11-8-15(21-18-10-14-5-4-6-17-9-14)20-16(19-11)23-13(3)7-12(2)22-23/h4-10H,1-3H3,(H,19,20,21). The van der Waals surface area contributed by atoms with Crippen LogP contribution in [0.5, 0.6) is 0 Å². The molecule has 0 saturated carbocycles. The molecule has 3 aromatic rings. The number of hydrazone groups is 1. The zero-order chi connectivity index (χ0) is 16.2. The number of nitrogens with zero attached hydrogens (tertiary/aromatic N) is 6. The van der Waals surface area contributed by atoms with Crippen molar-refractivity contribution in [1.29, 1.82) is 0 Å². The maximum atomic E-state index is 4.46. The minimum atomic E-state index is 0.523. The van der Waals surface area contributed by atoms with Crippen molar-refractivity contribution < 1.29 is 0 Å². The van der Waals surface area contributed by atoms with Gasteiger partial charge in [-0.3, -0.25) is 10.4 Å². The fraction of sp³-hybridized carbons (Fsp3) is 0.188. The number of aryl methyl sites for hydroxylation is 3. The molecular formula is C16H17N7. The van der Waals surface area contributed by atoms with Crippen LogP contribution in [-0.4, -0.2) is 30.9 Å². The topological polar surface area (TPSA) is 80.9 Å². The van der Waals surface area contributed by atoms with E-state index in [0.717, 1.165) is 22.6 Å². The molecule has 0 unspecified atom stereocenters. The van der Waals surface area contributed by atoms with Crippen LogP contribution in [-0.2, 0) is 0 Å². The summed E-state index contributed by atoms with van der Waals surface area (Å²) in [4.78, 5) is 12.9. The van der Waals surface area contributed by atoms with Crippen molar-refractivity contribution in [3.05, 3.63) is 59.3 Å². The highest BCUT2D eigenvalue weighted by Crippen LogP contribution is 2.12. The Labute approximate surface area is 134 Å². The summed E-state index contributed by atoms with van der Waals surface area (Å²) in [6.07, 6.45) is 5.14. The third-order valence-electron chi connectivity index (χ3n) is 3.12. The monoisotopic (exact) mass is 307 g/mol. The predicted octanol–water partition coefficient (Wildman–Crippen LogP) is 2.43. The summed E-state index contributed by atoms with van der Waals surface area (Å²) in [5.41, 5.74) is 6.57. The molecule has 0 aliphatic carbocycles. The van der Waals surface area contributed by atoms with Crippen LogP contribution in [0.3, 0.4) is 0 Å². The first-order chi connectivity index (χ1) is 11.1. The van der Waals surface area contributed by atoms with Crippen LogP contribution >= 0.6 is 0 Å². The van der Waals surface area contributed by atoms with Crippen molar-refractivity contribution in [2.24, 2.45) is 5.10 Å². The summed E-state index contributed by atoms with van der Waals surface area (Å²) >= 11 is 0. The second-order valence-electron chi connectivity index (χ2n) is 5.19. The quantitative estimate of drug-likeness (QED) is 0.591. The fourth-order valence-electron chi connectivity index (χ4n) is 2.16. The fourth-order valence-corrected chi connectivity index (χ4v) is 2.16. The number of hydrogen-bond acceptors (Lipinski definition) is 6. The van der Waals surface area contributed by atoms with Crippen molar-refractivity contribution in [2.75, 3.05) is 5.43 Å². The summed E-state index contributed by atoms with van der Waals surface area (Å²) in [5, 5.41) is 8.59. The van der Waals surface area contributed by atoms with Crippen LogP contribution < -0.4 is 5.43 Å². The smallest absolute Gasteiger partial charge is 0.253 e. The predicted molar refractivity (Wildman–Crippen MR) is 88.8 cm³/mol. The lowest BCUT2D eigenvalue weighted by atomic mass is 10.3. The molecule has 0 spiro atoms. The zero-order valence-corrected chi connectivity index (χ0v) is 13.2. The Morgan fingerprint density at radius 2 is 2.00 bits per heavy atom. The second kappa shape index (κ2) is 6.35. The SMILES string of the molecule is Cc1cc(NN=Cc2cccnc2)nc(-n2nc(C)cc2C)n1. The molecule has 3 rings (SSSR count). The summed E-state index contributed by atoms with van der Waals surface area (Å²) in [6.45, 7) is 5.82. The van der Waals surface area contributed by atoms with Gasteiger partial charge in [-0.1, -0.05) is 6.07 Å². The van der Waals surface area contributed by atoms with Gasteiger partial charge < -0.3 is 0 Å². The Morgan fingerprint density at radius 1 is 1.13 bits per heavy atom. The van der Waals surface area contributed by atoms with Crippen LogP contribution in [0.15, 0.2) is 41.8 Å². The molecule has 0 radical (unpaired) electrons. The van der Waals surface area contributed by atoms with E-state index in [4.69, 9.17) is 0 Å². The van der Waals surface area contributed by atoms with E-state index in [1.54, 1.807) is 23.3 Å². The molecule has 0 atom stereocenters. The van der Waals surface area contributed by atoms with Gasteiger partial charge in [0, 0.05) is 35.4 Å². The number of rotatable bonds is 4. The zero-order valence-electron chi connectivity index (χ0n) is 13.2. The number of nitrogens with one attached hydrogen (secondary N) is 1. The van der Waals surface area contributed by atoms with E-state index >= 15 is 0 Å². The molecular weight excluding hydrogens is 290 g/mol. The molecule has 23 heavy (non-hydrogen) atoms. The molecule has 116 valence electrons. The Bertz CT molecular complexity index is 837. The van der Waals surface area contributed by atoms with E-state index in [1.165, 1.54) is 0 Å². The van der Waals surface area contributed by atoms with E-state index in [1.807, 2.05) is 45.0 Å². The first-order valence-electron chi connectivity index (χ1n) is 7.20. The van der Waals surface area contributed by atoms with Crippen molar-refractivity contribution in [2.45, 2.75) is 20.8 Å². The van der Waals surface area contributed by atoms with Gasteiger partial charge in [0.2, 0.25) is 0 Å². The molecule has 0 aliphatic heterocycles. The van der Waals surface area contributed by atoms with E-state index in [2.05, 4.69) is 30.6 Å². The van der Waals surface area contributed by atoms with E-state index in [9.17, 15) is 0 Å². The average Bonchev–Trinajstić information content (AvgIpc) is 2.86. The summed E-state index contributed by atoms with van der Waals surface area (Å²) in [5.74, 6) is 1.13. The summed E-state index contributed by atoms with van der Waals surface area (Å²) in [6, 6.07) is 7.59. The van der Waals surface area contributed by atoms with Crippen LogP contribution in [0.2, 0.25) is 0 Å². The highest BCUT2D eigenvalue weighted by Gasteiger charge is 2.08. The molecule has 1 N–H and O–H groups in total. The molecule has 3 aromatic heterocycles. The van der Waals surface area contributed by atoms with Crippen LogP contribution in [0.4, 0.5) is 5.82 Å². The minimum absolute atomic E-state index is 0.523. The van der Waals surface area contributed by atoms with Crippen molar-refractivity contribution in [1.82, 2.24) is 24.7 Å². The Balaban J connectivity index is 1.83. The minimum Gasteiger partial charge on any atom is -0.264 e. The van der Waals surface area contributed by atoms with Crippen molar-refractivity contribution >= 4 is 12.0 Å². The molecule has 0 fully saturated rings. The molecule has 7 nitrogen and oxygen atoms in total. The maximum absolute atomic E-state index is 4.46. The van der Waals surface area contributed by atoms with Gasteiger partial charge in [-0.05, 0) is 32.9 Å². The molecule has 0 saturated heterocycles. The molecule has 0 aromatic carbocycles. The van der Waals surface area contributed by atoms with E-state index < -0.39 is 0 Å². The van der Waals surface area contributed by atoms with Gasteiger partial charge in [-0.2, -0.15) is 15.2 Å². The first-order valence-corrected chi connectivity index (χ1v) is 7.20. The molecule has 0 bridgehead atoms. The molecule has 7 heteroatoms. The van der Waals surface area contributed by atoms with E-state index in [0.29, 0.717) is 11.8 Å². The van der Waals surface area contributed by atoms with Gasteiger partial charge in [0.05, 0.1) is 11.9 Å². The van der Waals surface area contributed by atoms with Crippen LogP contribution in [0.25, 0.3) is 5.95 Å². The van der Waals surface area contributed by atoms with Gasteiger partial charge in [-0.15, -0.1) is 0 Å². The normalized spacial score (nSPS) is 11.1. The molecule has 0 aliphatic rings. The lowest BCUT2D eigenvalue weighted by Crippen LogP contribution is -2.08. The lowest BCUT2D eigenvalue weighted by molar-refractivity contribution is 0.769. The van der Waals surface area contributed by atoms with E-state index in [-0.39, 0.29) is 0 Å². The molecule has 3 heterocycles. The van der Waals surface area contributed by atoms with Gasteiger partial charge in [-0.25, -0.2) is 9.67 Å². The Kier molecular flexibility index (Phi) is 4.09. The molecule has 0 amide bonds. The number of anilines is 1. The van der Waals surface area contributed by atoms with Gasteiger partial charge in [0.25, 0.3) is 5.95 Å². The van der Waals surface area contributed by atoms with Crippen molar-refractivity contribution in [3.8, 4) is 5.95 Å². The Hall–Kier alpha value is -3.09. The first kappa shape index (κ1) is 14.8. The number of aromatic nitrogens is 5. The lowest BCUT2D eigenvalue weighted by Gasteiger charge is -2.06. The maximum Gasteiger partial charge on any atom is 0.253 e. The van der Waals surface area contributed by atoms with Crippen LogP contribution in [0, 0.1) is 20.8 Å². The van der Waals surface area contributed by atoms with Gasteiger partial charge >= 0.3 is 0 Å². The third kappa shape index (κ3) is 3.57. The van der Waals surface area contributed by atoms with Crippen molar-refractivity contribution in [3.63, 3.8) is 0 Å². The summed E-state index contributed by atoms with van der Waals surface area (Å²) < 4.78 is 1.72. The van der Waals surface area contributed by atoms with Gasteiger partial charge in [0.1, 0.15) is 0 Å². The average molecular weight is 307 g/mol. The highest BCUT2D eigenvalue weighted by atomic mass is 15.4. The third-order valence-corrected chi connectivity index (χ3v) is 3.12. The second-order valence-corrected chi connectivity index (χ2v) is 5.19.